The average Bonchev–Trinajstić information content (AvgIpc) is 3.02. The Balaban J connectivity index is 2.12. The molecule has 2 atom stereocenters. The molecular formula is C14H21ClN2O2. The molecule has 5 heteroatoms. The average molecular weight is 285 g/mol. The van der Waals surface area contributed by atoms with Gasteiger partial charge in [0.2, 0.25) is 0 Å². The molecule has 1 aliphatic rings. The molecule has 0 radical (unpaired) electrons. The number of hydrogen-bond donors (Lipinski definition) is 0. The first-order valence-corrected chi connectivity index (χ1v) is 7.29. The number of Topliss-reactive ketones (excluding diaryl/α,β-unsaturated/α-hetero) is 1. The zero-order valence-corrected chi connectivity index (χ0v) is 12.3. The molecule has 106 valence electrons. The van der Waals surface area contributed by atoms with E-state index in [-0.39, 0.29) is 11.7 Å². The van der Waals surface area contributed by atoms with Gasteiger partial charge in [0.05, 0.1) is 24.4 Å². The fourth-order valence-corrected chi connectivity index (χ4v) is 3.07. The van der Waals surface area contributed by atoms with Gasteiger partial charge in [0, 0.05) is 13.0 Å². The summed E-state index contributed by atoms with van der Waals surface area (Å²) in [6, 6.07) is 0. The molecule has 1 saturated carbocycles. The molecule has 0 aliphatic heterocycles. The number of ether oxygens (including phenoxy) is 1. The van der Waals surface area contributed by atoms with Crippen LogP contribution in [-0.4, -0.2) is 29.3 Å². The highest BCUT2D eigenvalue weighted by atomic mass is 35.5. The third-order valence-electron chi connectivity index (χ3n) is 4.02. The molecule has 2 unspecified atom stereocenters. The monoisotopic (exact) mass is 284 g/mol. The minimum atomic E-state index is 0.112. The van der Waals surface area contributed by atoms with Gasteiger partial charge in [-0.3, -0.25) is 9.48 Å². The molecule has 1 aromatic rings. The number of halogens is 1. The van der Waals surface area contributed by atoms with Gasteiger partial charge in [0.15, 0.2) is 5.78 Å². The zero-order valence-electron chi connectivity index (χ0n) is 11.6. The van der Waals surface area contributed by atoms with E-state index in [0.29, 0.717) is 29.8 Å². The quantitative estimate of drug-likeness (QED) is 0.754. The van der Waals surface area contributed by atoms with Crippen molar-refractivity contribution in [3.63, 3.8) is 0 Å². The van der Waals surface area contributed by atoms with Crippen LogP contribution in [0.15, 0.2) is 6.20 Å². The zero-order chi connectivity index (χ0) is 13.8. The van der Waals surface area contributed by atoms with E-state index in [1.807, 2.05) is 0 Å². The summed E-state index contributed by atoms with van der Waals surface area (Å²) in [5, 5.41) is 4.63. The van der Waals surface area contributed by atoms with Crippen LogP contribution < -0.4 is 0 Å². The highest BCUT2D eigenvalue weighted by Crippen LogP contribution is 2.35. The number of hydrogen-bond acceptors (Lipinski definition) is 3. The van der Waals surface area contributed by atoms with Gasteiger partial charge < -0.3 is 4.74 Å². The normalized spacial score (nSPS) is 22.9. The van der Waals surface area contributed by atoms with Gasteiger partial charge in [-0.15, -0.1) is 0 Å². The van der Waals surface area contributed by atoms with Crippen molar-refractivity contribution in [1.29, 1.82) is 0 Å². The molecule has 0 spiro atoms. The summed E-state index contributed by atoms with van der Waals surface area (Å²) < 4.78 is 6.71. The van der Waals surface area contributed by atoms with Crippen molar-refractivity contribution < 1.29 is 9.53 Å². The number of rotatable bonds is 6. The van der Waals surface area contributed by atoms with Crippen molar-refractivity contribution >= 4 is 17.4 Å². The van der Waals surface area contributed by atoms with Crippen LogP contribution in [0.1, 0.15) is 43.1 Å². The lowest BCUT2D eigenvalue weighted by atomic mass is 9.97. The number of carbonyl (C=O) groups excluding carboxylic acids is 1. The van der Waals surface area contributed by atoms with Crippen LogP contribution >= 0.6 is 11.6 Å². The Morgan fingerprint density at radius 3 is 3.00 bits per heavy atom. The van der Waals surface area contributed by atoms with Crippen LogP contribution in [0.3, 0.4) is 0 Å². The highest BCUT2D eigenvalue weighted by Gasteiger charge is 2.32. The predicted molar refractivity (Wildman–Crippen MR) is 74.6 cm³/mol. The Morgan fingerprint density at radius 2 is 2.37 bits per heavy atom. The number of ketones is 1. The minimum Gasteiger partial charge on any atom is -0.383 e. The Labute approximate surface area is 119 Å². The summed E-state index contributed by atoms with van der Waals surface area (Å²) in [4.78, 5) is 12.6. The molecule has 19 heavy (non-hydrogen) atoms. The minimum absolute atomic E-state index is 0.112. The smallest absolute Gasteiger partial charge is 0.185 e. The Morgan fingerprint density at radius 1 is 1.58 bits per heavy atom. The standard InChI is InChI=1S/C14H21ClN2O2/c1-3-10-4-5-11(8-10)14(18)13-12(15)9-16-17(13)6-7-19-2/h9-11H,3-8H2,1-2H3. The number of aromatic nitrogens is 2. The molecule has 1 aromatic heterocycles. The summed E-state index contributed by atoms with van der Waals surface area (Å²) in [7, 11) is 1.63. The topological polar surface area (TPSA) is 44.1 Å². The lowest BCUT2D eigenvalue weighted by Crippen LogP contribution is -2.19. The fraction of sp³-hybridized carbons (Fsp3) is 0.714. The molecule has 0 bridgehead atoms. The molecule has 1 fully saturated rings. The van der Waals surface area contributed by atoms with E-state index in [0.717, 1.165) is 25.7 Å². The van der Waals surface area contributed by atoms with Gasteiger partial charge in [-0.25, -0.2) is 0 Å². The lowest BCUT2D eigenvalue weighted by molar-refractivity contribution is 0.0905. The maximum absolute atomic E-state index is 12.6. The summed E-state index contributed by atoms with van der Waals surface area (Å²) in [5.41, 5.74) is 0.556. The van der Waals surface area contributed by atoms with Crippen LogP contribution in [0.2, 0.25) is 5.02 Å². The van der Waals surface area contributed by atoms with E-state index in [2.05, 4.69) is 12.0 Å². The third kappa shape index (κ3) is 3.18. The predicted octanol–water partition coefficient (Wildman–Crippen LogP) is 3.19. The molecule has 0 amide bonds. The van der Waals surface area contributed by atoms with E-state index >= 15 is 0 Å². The maximum Gasteiger partial charge on any atom is 0.185 e. The first kappa shape index (κ1) is 14.5. The summed E-state index contributed by atoms with van der Waals surface area (Å²) in [6.07, 6.45) is 5.82. The number of carbonyl (C=O) groups is 1. The van der Waals surface area contributed by atoms with Crippen LogP contribution in [0.25, 0.3) is 0 Å². The number of nitrogens with zero attached hydrogens (tertiary/aromatic N) is 2. The van der Waals surface area contributed by atoms with Crippen molar-refractivity contribution in [2.24, 2.45) is 11.8 Å². The maximum atomic E-state index is 12.6. The highest BCUT2D eigenvalue weighted by molar-refractivity contribution is 6.33. The van der Waals surface area contributed by atoms with Gasteiger partial charge in [-0.1, -0.05) is 24.9 Å². The summed E-state index contributed by atoms with van der Waals surface area (Å²) >= 11 is 6.12. The van der Waals surface area contributed by atoms with Gasteiger partial charge in [0.1, 0.15) is 5.69 Å². The molecular weight excluding hydrogens is 264 g/mol. The third-order valence-corrected chi connectivity index (χ3v) is 4.30. The van der Waals surface area contributed by atoms with Crippen LogP contribution in [0.4, 0.5) is 0 Å². The molecule has 1 aliphatic carbocycles. The van der Waals surface area contributed by atoms with Gasteiger partial charge in [-0.05, 0) is 25.2 Å². The Kier molecular flexibility index (Phi) is 4.99. The molecule has 4 nitrogen and oxygen atoms in total. The largest absolute Gasteiger partial charge is 0.383 e. The fourth-order valence-electron chi connectivity index (χ4n) is 2.83. The molecule has 1 heterocycles. The first-order chi connectivity index (χ1) is 9.17. The van der Waals surface area contributed by atoms with Crippen molar-refractivity contribution in [3.05, 3.63) is 16.9 Å². The molecule has 0 saturated heterocycles. The van der Waals surface area contributed by atoms with Crippen molar-refractivity contribution in [3.8, 4) is 0 Å². The van der Waals surface area contributed by atoms with Crippen molar-refractivity contribution in [2.75, 3.05) is 13.7 Å². The van der Waals surface area contributed by atoms with Crippen LogP contribution in [0.5, 0.6) is 0 Å². The van der Waals surface area contributed by atoms with E-state index in [1.165, 1.54) is 0 Å². The van der Waals surface area contributed by atoms with Gasteiger partial charge in [-0.2, -0.15) is 5.10 Å². The second-order valence-electron chi connectivity index (χ2n) is 5.21. The Bertz CT molecular complexity index is 445. The van der Waals surface area contributed by atoms with Crippen LogP contribution in [0, 0.1) is 11.8 Å². The van der Waals surface area contributed by atoms with Crippen molar-refractivity contribution in [1.82, 2.24) is 9.78 Å². The van der Waals surface area contributed by atoms with Gasteiger partial charge >= 0.3 is 0 Å². The summed E-state index contributed by atoms with van der Waals surface area (Å²) in [5.74, 6) is 0.943. The lowest BCUT2D eigenvalue weighted by Gasteiger charge is -2.11. The first-order valence-electron chi connectivity index (χ1n) is 6.91. The van der Waals surface area contributed by atoms with Crippen molar-refractivity contribution in [2.45, 2.75) is 39.2 Å². The number of methoxy groups -OCH3 is 1. The Hall–Kier alpha value is -0.870. The van der Waals surface area contributed by atoms with Crippen LogP contribution in [-0.2, 0) is 11.3 Å². The van der Waals surface area contributed by atoms with E-state index in [4.69, 9.17) is 16.3 Å². The van der Waals surface area contributed by atoms with E-state index in [9.17, 15) is 4.79 Å². The second-order valence-corrected chi connectivity index (χ2v) is 5.61. The van der Waals surface area contributed by atoms with Gasteiger partial charge in [0.25, 0.3) is 0 Å². The SMILES string of the molecule is CCC1CCC(C(=O)c2c(Cl)cnn2CCOC)C1. The second kappa shape index (κ2) is 6.53. The van der Waals surface area contributed by atoms with E-state index in [1.54, 1.807) is 18.0 Å². The molecule has 2 rings (SSSR count). The molecule has 0 N–H and O–H groups in total. The summed E-state index contributed by atoms with van der Waals surface area (Å²) in [6.45, 7) is 3.28. The van der Waals surface area contributed by atoms with E-state index < -0.39 is 0 Å². The molecule has 0 aromatic carbocycles.